The van der Waals surface area contributed by atoms with Crippen molar-refractivity contribution >= 4 is 5.91 Å². The quantitative estimate of drug-likeness (QED) is 0.816. The van der Waals surface area contributed by atoms with E-state index in [1.54, 1.807) is 0 Å². The third-order valence-electron chi connectivity index (χ3n) is 5.37. The second-order valence-corrected chi connectivity index (χ2v) is 7.70. The standard InChI is InChI=1S/C21H33NO2/c1-15(2)19-10-9-16(3)13-20(19)24-14-21(23)22-12-11-18-8-6-5-7-17(18)4/h5-8,15-16,19-20H,9-14H2,1-4H3,(H,22,23)/t16-,19+,20-/m1/s1. The maximum absolute atomic E-state index is 12.1. The van der Waals surface area contributed by atoms with E-state index < -0.39 is 0 Å². The molecule has 0 spiro atoms. The van der Waals surface area contributed by atoms with Crippen LogP contribution >= 0.6 is 0 Å². The summed E-state index contributed by atoms with van der Waals surface area (Å²) in [7, 11) is 0. The molecule has 0 unspecified atom stereocenters. The number of hydrogen-bond acceptors (Lipinski definition) is 2. The third-order valence-corrected chi connectivity index (χ3v) is 5.37. The van der Waals surface area contributed by atoms with Crippen molar-refractivity contribution < 1.29 is 9.53 Å². The molecule has 3 heteroatoms. The molecule has 0 aromatic heterocycles. The lowest BCUT2D eigenvalue weighted by atomic mass is 9.75. The van der Waals surface area contributed by atoms with Gasteiger partial charge in [-0.1, -0.05) is 51.5 Å². The summed E-state index contributed by atoms with van der Waals surface area (Å²) in [5.74, 6) is 1.91. The topological polar surface area (TPSA) is 38.3 Å². The fraction of sp³-hybridized carbons (Fsp3) is 0.667. The van der Waals surface area contributed by atoms with E-state index in [4.69, 9.17) is 4.74 Å². The highest BCUT2D eigenvalue weighted by Gasteiger charge is 2.31. The number of rotatable bonds is 7. The molecule has 0 aliphatic heterocycles. The van der Waals surface area contributed by atoms with Crippen molar-refractivity contribution in [3.63, 3.8) is 0 Å². The molecule has 1 aliphatic rings. The summed E-state index contributed by atoms with van der Waals surface area (Å²) >= 11 is 0. The van der Waals surface area contributed by atoms with Crippen LogP contribution in [0.4, 0.5) is 0 Å². The van der Waals surface area contributed by atoms with Gasteiger partial charge in [0.05, 0.1) is 6.10 Å². The fourth-order valence-electron chi connectivity index (χ4n) is 3.77. The molecule has 134 valence electrons. The largest absolute Gasteiger partial charge is 0.368 e. The third kappa shape index (κ3) is 5.62. The second-order valence-electron chi connectivity index (χ2n) is 7.70. The minimum Gasteiger partial charge on any atom is -0.368 e. The molecule has 1 amide bonds. The van der Waals surface area contributed by atoms with Gasteiger partial charge in [-0.05, 0) is 55.1 Å². The lowest BCUT2D eigenvalue weighted by Gasteiger charge is -2.37. The maximum Gasteiger partial charge on any atom is 0.246 e. The van der Waals surface area contributed by atoms with Crippen LogP contribution in [-0.2, 0) is 16.0 Å². The van der Waals surface area contributed by atoms with Crippen LogP contribution in [0.1, 0.15) is 51.2 Å². The van der Waals surface area contributed by atoms with Crippen LogP contribution in [-0.4, -0.2) is 25.2 Å². The fourth-order valence-corrected chi connectivity index (χ4v) is 3.77. The molecular formula is C21H33NO2. The molecule has 1 aromatic rings. The van der Waals surface area contributed by atoms with E-state index >= 15 is 0 Å². The van der Waals surface area contributed by atoms with Gasteiger partial charge in [0.1, 0.15) is 6.61 Å². The van der Waals surface area contributed by atoms with Gasteiger partial charge in [0.2, 0.25) is 5.91 Å². The van der Waals surface area contributed by atoms with Crippen LogP contribution in [0.25, 0.3) is 0 Å². The number of amides is 1. The van der Waals surface area contributed by atoms with Crippen molar-refractivity contribution in [1.29, 1.82) is 0 Å². The lowest BCUT2D eigenvalue weighted by molar-refractivity contribution is -0.131. The Bertz CT molecular complexity index is 526. The first-order valence-corrected chi connectivity index (χ1v) is 9.40. The number of carbonyl (C=O) groups excluding carboxylic acids is 1. The minimum absolute atomic E-state index is 0.00400. The zero-order chi connectivity index (χ0) is 17.5. The summed E-state index contributed by atoms with van der Waals surface area (Å²) < 4.78 is 6.00. The van der Waals surface area contributed by atoms with Gasteiger partial charge in [-0.15, -0.1) is 0 Å². The number of benzene rings is 1. The Morgan fingerprint density at radius 3 is 2.75 bits per heavy atom. The van der Waals surface area contributed by atoms with Crippen molar-refractivity contribution in [2.45, 2.75) is 59.5 Å². The van der Waals surface area contributed by atoms with Gasteiger partial charge in [-0.2, -0.15) is 0 Å². The van der Waals surface area contributed by atoms with E-state index in [9.17, 15) is 4.79 Å². The Balaban J connectivity index is 1.73. The van der Waals surface area contributed by atoms with Crippen LogP contribution in [0, 0.1) is 24.7 Å². The van der Waals surface area contributed by atoms with Crippen LogP contribution in [0.5, 0.6) is 0 Å². The molecule has 1 fully saturated rings. The van der Waals surface area contributed by atoms with Gasteiger partial charge in [-0.25, -0.2) is 0 Å². The Morgan fingerprint density at radius 1 is 1.29 bits per heavy atom. The summed E-state index contributed by atoms with van der Waals surface area (Å²) in [4.78, 5) is 12.1. The highest BCUT2D eigenvalue weighted by atomic mass is 16.5. The second kappa shape index (κ2) is 9.22. The number of nitrogens with one attached hydrogen (secondary N) is 1. The molecule has 1 aromatic carbocycles. The molecule has 0 saturated heterocycles. The van der Waals surface area contributed by atoms with Crippen LogP contribution in [0.2, 0.25) is 0 Å². The number of carbonyl (C=O) groups is 1. The summed E-state index contributed by atoms with van der Waals surface area (Å²) in [6.07, 6.45) is 4.69. The van der Waals surface area contributed by atoms with Gasteiger partial charge in [-0.3, -0.25) is 4.79 Å². The summed E-state index contributed by atoms with van der Waals surface area (Å²) in [6, 6.07) is 8.32. The Labute approximate surface area is 147 Å². The number of hydrogen-bond donors (Lipinski definition) is 1. The molecule has 3 nitrogen and oxygen atoms in total. The maximum atomic E-state index is 12.1. The molecule has 0 heterocycles. The number of ether oxygens (including phenoxy) is 1. The summed E-state index contributed by atoms with van der Waals surface area (Å²) in [5, 5.41) is 2.99. The summed E-state index contributed by atoms with van der Waals surface area (Å²) in [6.45, 7) is 9.78. The van der Waals surface area contributed by atoms with E-state index in [-0.39, 0.29) is 18.6 Å². The van der Waals surface area contributed by atoms with Gasteiger partial charge in [0.25, 0.3) is 0 Å². The lowest BCUT2D eigenvalue weighted by Crippen LogP contribution is -2.38. The van der Waals surface area contributed by atoms with E-state index in [0.717, 1.165) is 12.8 Å². The molecule has 0 radical (unpaired) electrons. The smallest absolute Gasteiger partial charge is 0.246 e. The first-order chi connectivity index (χ1) is 11.5. The zero-order valence-electron chi connectivity index (χ0n) is 15.7. The number of aryl methyl sites for hydroxylation is 1. The molecule has 3 atom stereocenters. The molecular weight excluding hydrogens is 298 g/mol. The molecule has 2 rings (SSSR count). The van der Waals surface area contributed by atoms with E-state index in [0.29, 0.717) is 24.3 Å². The van der Waals surface area contributed by atoms with Crippen molar-refractivity contribution in [3.05, 3.63) is 35.4 Å². The van der Waals surface area contributed by atoms with E-state index in [2.05, 4.69) is 45.1 Å². The molecule has 1 saturated carbocycles. The van der Waals surface area contributed by atoms with Gasteiger partial charge >= 0.3 is 0 Å². The predicted molar refractivity (Wildman–Crippen MR) is 99.0 cm³/mol. The van der Waals surface area contributed by atoms with Crippen molar-refractivity contribution in [3.8, 4) is 0 Å². The SMILES string of the molecule is Cc1ccccc1CCNC(=O)CO[C@@H]1C[C@H](C)CC[C@H]1C(C)C. The van der Waals surface area contributed by atoms with E-state index in [1.165, 1.54) is 24.0 Å². The average molecular weight is 332 g/mol. The molecule has 24 heavy (non-hydrogen) atoms. The first kappa shape index (κ1) is 19.0. The molecule has 1 aliphatic carbocycles. The molecule has 0 bridgehead atoms. The van der Waals surface area contributed by atoms with Crippen molar-refractivity contribution in [1.82, 2.24) is 5.32 Å². The Kier molecular flexibility index (Phi) is 7.29. The van der Waals surface area contributed by atoms with E-state index in [1.807, 2.05) is 12.1 Å². The predicted octanol–water partition coefficient (Wildman–Crippen LogP) is 4.13. The normalized spacial score (nSPS) is 24.1. The highest BCUT2D eigenvalue weighted by molar-refractivity contribution is 5.77. The van der Waals surface area contributed by atoms with Crippen LogP contribution < -0.4 is 5.32 Å². The zero-order valence-corrected chi connectivity index (χ0v) is 15.7. The first-order valence-electron chi connectivity index (χ1n) is 9.40. The van der Waals surface area contributed by atoms with Gasteiger partial charge < -0.3 is 10.1 Å². The van der Waals surface area contributed by atoms with Crippen molar-refractivity contribution in [2.75, 3.05) is 13.2 Å². The Morgan fingerprint density at radius 2 is 2.04 bits per heavy atom. The van der Waals surface area contributed by atoms with Gasteiger partial charge in [0, 0.05) is 6.54 Å². The van der Waals surface area contributed by atoms with Crippen LogP contribution in [0.15, 0.2) is 24.3 Å². The van der Waals surface area contributed by atoms with Crippen LogP contribution in [0.3, 0.4) is 0 Å². The average Bonchev–Trinajstić information content (AvgIpc) is 2.54. The summed E-state index contributed by atoms with van der Waals surface area (Å²) in [5.41, 5.74) is 2.57. The minimum atomic E-state index is 0.00400. The van der Waals surface area contributed by atoms with Gasteiger partial charge in [0.15, 0.2) is 0 Å². The Hall–Kier alpha value is -1.35. The van der Waals surface area contributed by atoms with Crippen molar-refractivity contribution in [2.24, 2.45) is 17.8 Å². The molecule has 1 N–H and O–H groups in total. The highest BCUT2D eigenvalue weighted by Crippen LogP contribution is 2.35. The monoisotopic (exact) mass is 331 g/mol.